The van der Waals surface area contributed by atoms with Gasteiger partial charge in [-0.3, -0.25) is 13.7 Å². The molecule has 0 atom stereocenters. The van der Waals surface area contributed by atoms with E-state index >= 15 is 0 Å². The van der Waals surface area contributed by atoms with Crippen molar-refractivity contribution in [2.24, 2.45) is 0 Å². The predicted molar refractivity (Wildman–Crippen MR) is 82.7 cm³/mol. The fourth-order valence-corrected chi connectivity index (χ4v) is 11.0. The van der Waals surface area contributed by atoms with Gasteiger partial charge in [-0.25, -0.2) is 12.9 Å². The molecule has 0 aliphatic carbocycles. The molecular formula is C9H24O6P4. The first kappa shape index (κ1) is 14.9. The lowest BCUT2D eigenvalue weighted by Gasteiger charge is -2.33. The lowest BCUT2D eigenvalue weighted by Crippen LogP contribution is -2.10. The average molecular weight is 358 g/mol. The summed E-state index contributed by atoms with van der Waals surface area (Å²) >= 11 is 0. The van der Waals surface area contributed by atoms with Crippen LogP contribution in [0.15, 0.2) is 0 Å². The van der Waals surface area contributed by atoms with Crippen molar-refractivity contribution in [3.63, 3.8) is 0 Å². The molecule has 116 valence electrons. The second-order valence-electron chi connectivity index (χ2n) is 4.25. The van der Waals surface area contributed by atoms with Gasteiger partial charge >= 0.3 is 22.8 Å². The van der Waals surface area contributed by atoms with E-state index in [1.54, 1.807) is 20.8 Å². The van der Waals surface area contributed by atoms with Crippen molar-refractivity contribution in [1.29, 1.82) is 3.84 Å². The molecule has 0 aromatic rings. The highest BCUT2D eigenvalue weighted by molar-refractivity contribution is 7.80. The third kappa shape index (κ3) is 5.71. The molecule has 1 rings (SSSR count). The molecule has 0 aromatic carbocycles. The minimum atomic E-state index is -3.57. The Hall–Kier alpha value is 1.00. The Morgan fingerprint density at radius 3 is 1.16 bits per heavy atom. The van der Waals surface area contributed by atoms with Crippen LogP contribution in [0.5, 0.6) is 0 Å². The summed E-state index contributed by atoms with van der Waals surface area (Å²) in [5.41, 5.74) is 0. The molecular weight excluding hydrogens is 328 g/mol. The summed E-state index contributed by atoms with van der Waals surface area (Å²) < 4.78 is 70.2. The number of rotatable bonds is 6. The molecule has 0 radical (unpaired) electrons. The van der Waals surface area contributed by atoms with Crippen LogP contribution in [0.4, 0.5) is 0 Å². The van der Waals surface area contributed by atoms with Crippen molar-refractivity contribution in [1.82, 2.24) is 0 Å². The number of hydrogen-bond acceptors (Lipinski definition) is 6. The minimum Gasteiger partial charge on any atom is -0.259 e. The van der Waals surface area contributed by atoms with Crippen LogP contribution in [0.2, 0.25) is 0 Å². The summed E-state index contributed by atoms with van der Waals surface area (Å²) in [5.74, 6) is 0. The standard InChI is InChI=1S/C9H21O6P3.H3P/c1-4-7-16(10)13-17(11,8-5-2)15-18(12,14-16)9-6-3;/h4-9H2,1-3H3;1H3/i;1T3. The van der Waals surface area contributed by atoms with Crippen LogP contribution in [-0.4, -0.2) is 22.3 Å². The topological polar surface area (TPSA) is 78.9 Å². The Kier molecular flexibility index (Phi) is 6.16. The maximum Gasteiger partial charge on any atom is 0.345 e. The molecule has 0 aromatic heterocycles. The van der Waals surface area contributed by atoms with Crippen molar-refractivity contribution in [2.45, 2.75) is 40.0 Å². The zero-order valence-corrected chi connectivity index (χ0v) is 15.1. The van der Waals surface area contributed by atoms with Crippen LogP contribution in [0.1, 0.15) is 40.0 Å². The maximum atomic E-state index is 12.3. The lowest BCUT2D eigenvalue weighted by atomic mass is 10.6. The van der Waals surface area contributed by atoms with E-state index in [4.69, 9.17) is 16.8 Å². The molecule has 1 saturated heterocycles. The van der Waals surface area contributed by atoms with Gasteiger partial charge in [0.25, 0.3) is 0 Å². The van der Waals surface area contributed by atoms with E-state index in [9.17, 15) is 13.7 Å². The van der Waals surface area contributed by atoms with Crippen molar-refractivity contribution < 1.29 is 26.6 Å². The van der Waals surface area contributed by atoms with E-state index in [0.717, 1.165) is 0 Å². The quantitative estimate of drug-likeness (QED) is 0.627. The van der Waals surface area contributed by atoms with E-state index < -0.39 is 32.5 Å². The van der Waals surface area contributed by atoms with Crippen molar-refractivity contribution in [2.75, 3.05) is 18.5 Å². The van der Waals surface area contributed by atoms with Crippen molar-refractivity contribution >= 4 is 32.5 Å². The van der Waals surface area contributed by atoms with Gasteiger partial charge in [0, 0.05) is 0 Å². The zero-order valence-electron chi connectivity index (χ0n) is 14.5. The molecule has 19 heavy (non-hydrogen) atoms. The van der Waals surface area contributed by atoms with Gasteiger partial charge < -0.3 is 0 Å². The first-order valence-corrected chi connectivity index (χ1v) is 11.4. The molecule has 1 aliphatic rings. The summed E-state index contributed by atoms with van der Waals surface area (Å²) in [5, 5.41) is 0. The van der Waals surface area contributed by atoms with Gasteiger partial charge in [0.1, 0.15) is 0 Å². The Morgan fingerprint density at radius 1 is 0.789 bits per heavy atom. The van der Waals surface area contributed by atoms with E-state index in [1.807, 2.05) is 0 Å². The first-order chi connectivity index (χ1) is 10.0. The summed E-state index contributed by atoms with van der Waals surface area (Å²) in [7, 11) is -12.6. The third-order valence-electron chi connectivity index (χ3n) is 2.24. The Balaban J connectivity index is 0.000000980. The predicted octanol–water partition coefficient (Wildman–Crippen LogP) is 4.92. The normalized spacial score (nSPS) is 40.7. The monoisotopic (exact) mass is 358 g/mol. The van der Waals surface area contributed by atoms with Crippen LogP contribution in [0.25, 0.3) is 0 Å². The molecule has 1 aliphatic heterocycles. The van der Waals surface area contributed by atoms with E-state index in [2.05, 4.69) is 0 Å². The second kappa shape index (κ2) is 7.85. The summed E-state index contributed by atoms with van der Waals surface area (Å²) in [6.07, 6.45) is 1.94. The molecule has 1 heterocycles. The van der Waals surface area contributed by atoms with Crippen LogP contribution in [-0.2, 0) is 26.6 Å². The highest BCUT2D eigenvalue weighted by Crippen LogP contribution is 2.82. The van der Waals surface area contributed by atoms with Gasteiger partial charge in [-0.15, -0.1) is 0 Å². The molecule has 0 saturated carbocycles. The van der Waals surface area contributed by atoms with Crippen LogP contribution in [0, 0.1) is 0 Å². The Labute approximate surface area is 122 Å². The third-order valence-corrected chi connectivity index (χ3v) is 11.2. The lowest BCUT2D eigenvalue weighted by molar-refractivity contribution is 0.276. The zero-order chi connectivity index (χ0) is 17.4. The molecule has 0 unspecified atom stereocenters. The van der Waals surface area contributed by atoms with E-state index in [1.165, 1.54) is 0 Å². The first-order valence-electron chi connectivity index (χ1n) is 7.55. The fourth-order valence-electron chi connectivity index (χ4n) is 1.68. The number of hydrogen-bond donors (Lipinski definition) is 0. The van der Waals surface area contributed by atoms with Gasteiger partial charge in [-0.2, -0.15) is 9.73 Å². The smallest absolute Gasteiger partial charge is 0.259 e. The van der Waals surface area contributed by atoms with Gasteiger partial charge in [0.05, 0.1) is 22.3 Å². The summed E-state index contributed by atoms with van der Waals surface area (Å²) in [6.45, 7) is 5.41. The van der Waals surface area contributed by atoms with Crippen molar-refractivity contribution in [3.8, 4) is 0 Å². The largest absolute Gasteiger partial charge is 0.345 e. The molecule has 0 N–H and O–H groups in total. The maximum absolute atomic E-state index is 12.3. The molecule has 0 bridgehead atoms. The molecule has 0 amide bonds. The fraction of sp³-hybridized carbons (Fsp3) is 1.00. The van der Waals surface area contributed by atoms with Gasteiger partial charge in [-0.1, -0.05) is 20.8 Å². The van der Waals surface area contributed by atoms with Gasteiger partial charge in [-0.05, 0) is 19.3 Å². The van der Waals surface area contributed by atoms with Crippen LogP contribution >= 0.6 is 32.5 Å². The highest BCUT2D eigenvalue weighted by atomic mass is 31.3. The molecule has 10 heteroatoms. The molecule has 1 fully saturated rings. The van der Waals surface area contributed by atoms with Gasteiger partial charge in [0.15, 0.2) is 0 Å². The minimum absolute atomic E-state index is 0.109. The Bertz CT molecular complexity index is 392. The summed E-state index contributed by atoms with van der Waals surface area (Å²) in [6, 6.07) is 0. The molecule has 0 spiro atoms. The highest BCUT2D eigenvalue weighted by Gasteiger charge is 2.51. The SMILES string of the molecule is CCCP1(=O)OP(=O)(CCC)OP(=O)(CCC)O1.[3H]P([3H])[3H]. The average Bonchev–Trinajstić information content (AvgIpc) is 2.25. The Morgan fingerprint density at radius 2 is 1.00 bits per heavy atom. The van der Waals surface area contributed by atoms with E-state index in [0.29, 0.717) is 19.3 Å². The van der Waals surface area contributed by atoms with Crippen molar-refractivity contribution in [3.05, 3.63) is 0 Å². The second-order valence-corrected chi connectivity index (χ2v) is 11.2. The van der Waals surface area contributed by atoms with E-state index in [-0.39, 0.29) is 18.5 Å². The van der Waals surface area contributed by atoms with Crippen LogP contribution in [0.3, 0.4) is 0 Å². The molecule has 6 nitrogen and oxygen atoms in total. The van der Waals surface area contributed by atoms with Gasteiger partial charge in [0.2, 0.25) is 0 Å². The van der Waals surface area contributed by atoms with Crippen LogP contribution < -0.4 is 0 Å². The summed E-state index contributed by atoms with van der Waals surface area (Å²) in [4.78, 5) is 0.